The molecule has 0 spiro atoms. The molecule has 0 saturated carbocycles. The number of rotatable bonds is 4. The maximum Gasteiger partial charge on any atom is 0.0654 e. The molecule has 20 heavy (non-hydrogen) atoms. The molecule has 1 aliphatic heterocycles. The summed E-state index contributed by atoms with van der Waals surface area (Å²) < 4.78 is 4.97. The Balaban J connectivity index is 2.02. The number of aromatic nitrogens is 2. The molecule has 0 amide bonds. The fraction of sp³-hybridized carbons (Fsp3) is 0.529. The molecule has 2 aromatic heterocycles. The summed E-state index contributed by atoms with van der Waals surface area (Å²) in [6, 6.07) is 6.86. The van der Waals surface area contributed by atoms with Crippen molar-refractivity contribution >= 4 is 0 Å². The van der Waals surface area contributed by atoms with E-state index in [4.69, 9.17) is 0 Å². The second kappa shape index (κ2) is 5.13. The highest BCUT2D eigenvalue weighted by Crippen LogP contribution is 2.31. The van der Waals surface area contributed by atoms with Gasteiger partial charge in [-0.05, 0) is 50.7 Å². The molecule has 0 radical (unpaired) electrons. The molecule has 2 aromatic rings. The Kier molecular flexibility index (Phi) is 3.47. The van der Waals surface area contributed by atoms with Crippen molar-refractivity contribution in [1.29, 1.82) is 0 Å². The first-order valence-corrected chi connectivity index (χ1v) is 7.73. The van der Waals surface area contributed by atoms with Crippen molar-refractivity contribution in [3.05, 3.63) is 35.2 Å². The van der Waals surface area contributed by atoms with Crippen LogP contribution >= 0.6 is 0 Å². The van der Waals surface area contributed by atoms with Gasteiger partial charge in [0.05, 0.1) is 11.4 Å². The molecular formula is C17H25N3. The molecule has 1 aliphatic rings. The van der Waals surface area contributed by atoms with E-state index in [0.717, 1.165) is 32.7 Å². The number of nitrogens with zero attached hydrogens (tertiary/aromatic N) is 3. The van der Waals surface area contributed by atoms with Gasteiger partial charge in [-0.1, -0.05) is 13.8 Å². The molecule has 0 aliphatic carbocycles. The quantitative estimate of drug-likeness (QED) is 0.830. The van der Waals surface area contributed by atoms with Crippen LogP contribution in [0.2, 0.25) is 0 Å². The Hall–Kier alpha value is -1.48. The van der Waals surface area contributed by atoms with Crippen molar-refractivity contribution < 1.29 is 0 Å². The minimum absolute atomic E-state index is 1.07. The van der Waals surface area contributed by atoms with Crippen LogP contribution in [0.25, 0.3) is 11.4 Å². The van der Waals surface area contributed by atoms with Crippen LogP contribution in [-0.4, -0.2) is 27.1 Å². The molecular weight excluding hydrogens is 246 g/mol. The molecule has 3 heterocycles. The second-order valence-electron chi connectivity index (χ2n) is 5.78. The lowest BCUT2D eigenvalue weighted by Gasteiger charge is -2.25. The normalized spacial score (nSPS) is 13.7. The molecule has 3 rings (SSSR count). The van der Waals surface area contributed by atoms with E-state index in [-0.39, 0.29) is 0 Å². The van der Waals surface area contributed by atoms with Crippen LogP contribution < -0.4 is 0 Å². The van der Waals surface area contributed by atoms with E-state index in [1.165, 1.54) is 28.3 Å². The Labute approximate surface area is 121 Å². The van der Waals surface area contributed by atoms with Crippen molar-refractivity contribution in [1.82, 2.24) is 14.0 Å². The number of hydrogen-bond donors (Lipinski definition) is 0. The van der Waals surface area contributed by atoms with Gasteiger partial charge in [0.1, 0.15) is 0 Å². The van der Waals surface area contributed by atoms with Gasteiger partial charge in [0.2, 0.25) is 0 Å². The van der Waals surface area contributed by atoms with Crippen LogP contribution in [0.15, 0.2) is 18.2 Å². The van der Waals surface area contributed by atoms with E-state index < -0.39 is 0 Å². The maximum atomic E-state index is 2.53. The zero-order valence-corrected chi connectivity index (χ0v) is 13.1. The topological polar surface area (TPSA) is 13.1 Å². The predicted octanol–water partition coefficient (Wildman–Crippen LogP) is 3.43. The fourth-order valence-electron chi connectivity index (χ4n) is 3.35. The van der Waals surface area contributed by atoms with Gasteiger partial charge in [-0.15, -0.1) is 0 Å². The molecule has 0 unspecified atom stereocenters. The Morgan fingerprint density at radius 2 is 1.70 bits per heavy atom. The molecule has 0 saturated heterocycles. The lowest BCUT2D eigenvalue weighted by molar-refractivity contribution is 0.285. The van der Waals surface area contributed by atoms with Gasteiger partial charge in [-0.2, -0.15) is 0 Å². The number of fused-ring (bicyclic) bond motifs is 3. The van der Waals surface area contributed by atoms with Crippen LogP contribution in [0, 0.1) is 13.8 Å². The average Bonchev–Trinajstić information content (AvgIpc) is 2.97. The molecule has 0 atom stereocenters. The van der Waals surface area contributed by atoms with Gasteiger partial charge in [0.25, 0.3) is 0 Å². The van der Waals surface area contributed by atoms with Gasteiger partial charge in [0, 0.05) is 31.0 Å². The van der Waals surface area contributed by atoms with Gasteiger partial charge in [-0.25, -0.2) is 0 Å². The van der Waals surface area contributed by atoms with Crippen LogP contribution in [0.1, 0.15) is 30.8 Å². The minimum atomic E-state index is 1.07. The zero-order chi connectivity index (χ0) is 14.3. The van der Waals surface area contributed by atoms with E-state index in [1.54, 1.807) is 0 Å². The first kappa shape index (κ1) is 13.5. The number of aryl methyl sites for hydroxylation is 2. The lowest BCUT2D eigenvalue weighted by atomic mass is 10.2. The summed E-state index contributed by atoms with van der Waals surface area (Å²) in [6.07, 6.45) is 0. The van der Waals surface area contributed by atoms with E-state index in [1.807, 2.05) is 0 Å². The van der Waals surface area contributed by atoms with Gasteiger partial charge in [0.15, 0.2) is 0 Å². The summed E-state index contributed by atoms with van der Waals surface area (Å²) in [6.45, 7) is 14.4. The molecule has 0 aromatic carbocycles. The third-order valence-electron chi connectivity index (χ3n) is 4.70. The Bertz CT molecular complexity index is 614. The van der Waals surface area contributed by atoms with Crippen LogP contribution in [0.5, 0.6) is 0 Å². The summed E-state index contributed by atoms with van der Waals surface area (Å²) in [5, 5.41) is 0. The highest BCUT2D eigenvalue weighted by Gasteiger charge is 2.21. The first-order chi connectivity index (χ1) is 9.65. The van der Waals surface area contributed by atoms with E-state index in [0.29, 0.717) is 0 Å². The van der Waals surface area contributed by atoms with Crippen molar-refractivity contribution in [2.45, 2.75) is 47.3 Å². The first-order valence-electron chi connectivity index (χ1n) is 7.73. The molecule has 3 nitrogen and oxygen atoms in total. The zero-order valence-electron chi connectivity index (χ0n) is 13.1. The lowest BCUT2D eigenvalue weighted by Crippen LogP contribution is -2.26. The van der Waals surface area contributed by atoms with Crippen LogP contribution in [-0.2, 0) is 19.6 Å². The largest absolute Gasteiger partial charge is 0.342 e. The van der Waals surface area contributed by atoms with Gasteiger partial charge < -0.3 is 9.13 Å². The summed E-state index contributed by atoms with van der Waals surface area (Å²) in [7, 11) is 0. The SMILES string of the molecule is CCN(CC)Cc1c(C)cc2n1CCn1c(C)ccc1-2. The number of hydrogen-bond acceptors (Lipinski definition) is 1. The third kappa shape index (κ3) is 2.01. The van der Waals surface area contributed by atoms with Crippen molar-refractivity contribution in [3.63, 3.8) is 0 Å². The highest BCUT2D eigenvalue weighted by molar-refractivity contribution is 5.61. The fourth-order valence-corrected chi connectivity index (χ4v) is 3.35. The summed E-state index contributed by atoms with van der Waals surface area (Å²) in [5.74, 6) is 0. The summed E-state index contributed by atoms with van der Waals surface area (Å²) >= 11 is 0. The molecule has 3 heteroatoms. The predicted molar refractivity (Wildman–Crippen MR) is 84.0 cm³/mol. The highest BCUT2D eigenvalue weighted by atomic mass is 15.2. The summed E-state index contributed by atoms with van der Waals surface area (Å²) in [4.78, 5) is 2.49. The average molecular weight is 271 g/mol. The molecule has 0 N–H and O–H groups in total. The Morgan fingerprint density at radius 3 is 2.40 bits per heavy atom. The minimum Gasteiger partial charge on any atom is -0.342 e. The van der Waals surface area contributed by atoms with E-state index in [9.17, 15) is 0 Å². The van der Waals surface area contributed by atoms with Gasteiger partial charge in [-0.3, -0.25) is 4.90 Å². The van der Waals surface area contributed by atoms with Crippen LogP contribution in [0.3, 0.4) is 0 Å². The van der Waals surface area contributed by atoms with Crippen LogP contribution in [0.4, 0.5) is 0 Å². The monoisotopic (exact) mass is 271 g/mol. The second-order valence-corrected chi connectivity index (χ2v) is 5.78. The Morgan fingerprint density at radius 1 is 1.00 bits per heavy atom. The van der Waals surface area contributed by atoms with Crippen molar-refractivity contribution in [2.24, 2.45) is 0 Å². The molecule has 108 valence electrons. The van der Waals surface area contributed by atoms with Crippen molar-refractivity contribution in [2.75, 3.05) is 13.1 Å². The molecule has 0 fully saturated rings. The van der Waals surface area contributed by atoms with Crippen molar-refractivity contribution in [3.8, 4) is 11.4 Å². The van der Waals surface area contributed by atoms with E-state index >= 15 is 0 Å². The van der Waals surface area contributed by atoms with E-state index in [2.05, 4.69) is 59.9 Å². The smallest absolute Gasteiger partial charge is 0.0654 e. The standard InChI is InChI=1S/C17H25N3/c1-5-18(6-2)12-17-13(3)11-16-15-8-7-14(4)19(15)9-10-20(16)17/h7-8,11H,5-6,9-10,12H2,1-4H3. The van der Waals surface area contributed by atoms with Gasteiger partial charge >= 0.3 is 0 Å². The molecule has 0 bridgehead atoms. The summed E-state index contributed by atoms with van der Waals surface area (Å²) in [5.41, 5.74) is 7.06. The third-order valence-corrected chi connectivity index (χ3v) is 4.70. The maximum absolute atomic E-state index is 2.53.